The van der Waals surface area contributed by atoms with Gasteiger partial charge in [-0.15, -0.1) is 0 Å². The summed E-state index contributed by atoms with van der Waals surface area (Å²) in [7, 11) is 0. The number of carboxylic acids is 1. The average Bonchev–Trinajstić information content (AvgIpc) is 3.06. The zero-order valence-electron chi connectivity index (χ0n) is 12.3. The number of carbonyl (C=O) groups excluding carboxylic acids is 1. The molecule has 0 aliphatic heterocycles. The fourth-order valence-corrected chi connectivity index (χ4v) is 2.28. The highest BCUT2D eigenvalue weighted by Gasteiger charge is 2.13. The first-order valence-electron chi connectivity index (χ1n) is 7.03. The molecule has 0 aliphatic rings. The van der Waals surface area contributed by atoms with Crippen LogP contribution in [0.1, 0.15) is 20.9 Å². The summed E-state index contributed by atoms with van der Waals surface area (Å²) in [5, 5.41) is 12.2. The average molecular weight is 342 g/mol. The molecule has 0 fully saturated rings. The van der Waals surface area contributed by atoms with E-state index >= 15 is 0 Å². The molecule has 0 bridgehead atoms. The third-order valence-corrected chi connectivity index (χ3v) is 3.58. The molecule has 2 aromatic carbocycles. The molecule has 0 aliphatic carbocycles. The summed E-state index contributed by atoms with van der Waals surface area (Å²) < 4.78 is 5.55. The van der Waals surface area contributed by atoms with Gasteiger partial charge in [-0.3, -0.25) is 4.79 Å². The molecular formula is C18H12ClNO4. The summed E-state index contributed by atoms with van der Waals surface area (Å²) in [4.78, 5) is 23.2. The topological polar surface area (TPSA) is 79.5 Å². The minimum absolute atomic E-state index is 0.0918. The predicted octanol–water partition coefficient (Wildman–Crippen LogP) is 4.55. The fraction of sp³-hybridized carbons (Fsp3) is 0. The van der Waals surface area contributed by atoms with E-state index in [0.717, 1.165) is 5.56 Å². The molecule has 5 nitrogen and oxygen atoms in total. The van der Waals surface area contributed by atoms with Crippen molar-refractivity contribution in [3.63, 3.8) is 0 Å². The number of aromatic carboxylic acids is 1. The Morgan fingerprint density at radius 2 is 1.75 bits per heavy atom. The Bertz CT molecular complexity index is 899. The Labute approximate surface area is 142 Å². The van der Waals surface area contributed by atoms with Crippen LogP contribution in [0, 0.1) is 0 Å². The molecule has 0 atom stereocenters. The van der Waals surface area contributed by atoms with E-state index in [4.69, 9.17) is 21.1 Å². The third-order valence-electron chi connectivity index (χ3n) is 3.33. The van der Waals surface area contributed by atoms with Gasteiger partial charge in [0.15, 0.2) is 5.76 Å². The van der Waals surface area contributed by atoms with Crippen molar-refractivity contribution in [2.75, 3.05) is 5.32 Å². The van der Waals surface area contributed by atoms with Gasteiger partial charge >= 0.3 is 5.97 Å². The van der Waals surface area contributed by atoms with Crippen molar-refractivity contribution < 1.29 is 19.1 Å². The van der Waals surface area contributed by atoms with Gasteiger partial charge in [0.25, 0.3) is 5.91 Å². The number of amides is 1. The number of benzene rings is 2. The van der Waals surface area contributed by atoms with Crippen molar-refractivity contribution in [3.05, 3.63) is 77.0 Å². The molecule has 2 N–H and O–H groups in total. The second-order valence-corrected chi connectivity index (χ2v) is 5.45. The standard InChI is InChI=1S/C18H12ClNO4/c19-13-6-4-11(5-7-13)15-8-9-16(24-15)17(21)20-14-3-1-2-12(10-14)18(22)23/h1-10H,(H,20,21)(H,22,23). The van der Waals surface area contributed by atoms with Crippen LogP contribution in [0.3, 0.4) is 0 Å². The van der Waals surface area contributed by atoms with Crippen LogP contribution in [-0.4, -0.2) is 17.0 Å². The first-order valence-corrected chi connectivity index (χ1v) is 7.41. The van der Waals surface area contributed by atoms with Crippen LogP contribution < -0.4 is 5.32 Å². The molecule has 24 heavy (non-hydrogen) atoms. The summed E-state index contributed by atoms with van der Waals surface area (Å²) in [6.45, 7) is 0. The number of carbonyl (C=O) groups is 2. The number of nitrogens with one attached hydrogen (secondary N) is 1. The molecule has 3 rings (SSSR count). The monoisotopic (exact) mass is 341 g/mol. The van der Waals surface area contributed by atoms with Crippen molar-refractivity contribution in [2.45, 2.75) is 0 Å². The molecular weight excluding hydrogens is 330 g/mol. The maximum Gasteiger partial charge on any atom is 0.335 e. The maximum absolute atomic E-state index is 12.2. The molecule has 6 heteroatoms. The van der Waals surface area contributed by atoms with E-state index < -0.39 is 11.9 Å². The molecule has 1 amide bonds. The quantitative estimate of drug-likeness (QED) is 0.729. The van der Waals surface area contributed by atoms with Gasteiger partial charge in [-0.25, -0.2) is 4.79 Å². The normalized spacial score (nSPS) is 10.4. The zero-order chi connectivity index (χ0) is 17.1. The van der Waals surface area contributed by atoms with Gasteiger partial charge in [-0.1, -0.05) is 17.7 Å². The summed E-state index contributed by atoms with van der Waals surface area (Å²) in [6, 6.07) is 16.3. The lowest BCUT2D eigenvalue weighted by Gasteiger charge is -2.04. The molecule has 0 saturated heterocycles. The molecule has 0 radical (unpaired) electrons. The van der Waals surface area contributed by atoms with Crippen LogP contribution in [0.2, 0.25) is 5.02 Å². The summed E-state index contributed by atoms with van der Waals surface area (Å²) in [6.07, 6.45) is 0. The van der Waals surface area contributed by atoms with Gasteiger partial charge in [0.2, 0.25) is 0 Å². The predicted molar refractivity (Wildman–Crippen MR) is 90.5 cm³/mol. The lowest BCUT2D eigenvalue weighted by Crippen LogP contribution is -2.11. The Hall–Kier alpha value is -3.05. The van der Waals surface area contributed by atoms with Crippen LogP contribution >= 0.6 is 11.6 Å². The second kappa shape index (κ2) is 6.60. The minimum Gasteiger partial charge on any atom is -0.478 e. The summed E-state index contributed by atoms with van der Waals surface area (Å²) in [5.74, 6) is -0.858. The Morgan fingerprint density at radius 1 is 1.00 bits per heavy atom. The number of halogens is 1. The van der Waals surface area contributed by atoms with Crippen LogP contribution in [0.4, 0.5) is 5.69 Å². The smallest absolute Gasteiger partial charge is 0.335 e. The molecule has 0 saturated carbocycles. The van der Waals surface area contributed by atoms with Crippen LogP contribution in [0.25, 0.3) is 11.3 Å². The summed E-state index contributed by atoms with van der Waals surface area (Å²) >= 11 is 5.84. The number of rotatable bonds is 4. The van der Waals surface area contributed by atoms with Crippen LogP contribution in [0.5, 0.6) is 0 Å². The Kier molecular flexibility index (Phi) is 4.35. The van der Waals surface area contributed by atoms with Crippen molar-refractivity contribution in [3.8, 4) is 11.3 Å². The molecule has 3 aromatic rings. The number of anilines is 1. The number of furan rings is 1. The molecule has 0 spiro atoms. The van der Waals surface area contributed by atoms with E-state index in [9.17, 15) is 9.59 Å². The number of carboxylic acid groups (broad SMARTS) is 1. The fourth-order valence-electron chi connectivity index (χ4n) is 2.15. The van der Waals surface area contributed by atoms with Gasteiger partial charge in [0, 0.05) is 16.3 Å². The van der Waals surface area contributed by atoms with Crippen molar-refractivity contribution >= 4 is 29.2 Å². The lowest BCUT2D eigenvalue weighted by molar-refractivity contribution is 0.0696. The summed E-state index contributed by atoms with van der Waals surface area (Å²) in [5.41, 5.74) is 1.27. The zero-order valence-corrected chi connectivity index (χ0v) is 13.1. The van der Waals surface area contributed by atoms with Crippen molar-refractivity contribution in [1.29, 1.82) is 0 Å². The Balaban J connectivity index is 1.77. The second-order valence-electron chi connectivity index (χ2n) is 5.01. The third kappa shape index (κ3) is 3.47. The molecule has 1 heterocycles. The van der Waals surface area contributed by atoms with Gasteiger partial charge in [0.05, 0.1) is 5.56 Å². The first kappa shape index (κ1) is 15.8. The van der Waals surface area contributed by atoms with Gasteiger partial charge in [0.1, 0.15) is 5.76 Å². The highest BCUT2D eigenvalue weighted by atomic mass is 35.5. The van der Waals surface area contributed by atoms with Crippen LogP contribution in [-0.2, 0) is 0 Å². The Morgan fingerprint density at radius 3 is 2.46 bits per heavy atom. The highest BCUT2D eigenvalue weighted by Crippen LogP contribution is 2.24. The molecule has 120 valence electrons. The van der Waals surface area contributed by atoms with Crippen LogP contribution in [0.15, 0.2) is 65.1 Å². The lowest BCUT2D eigenvalue weighted by atomic mass is 10.2. The molecule has 0 unspecified atom stereocenters. The SMILES string of the molecule is O=C(O)c1cccc(NC(=O)c2ccc(-c3ccc(Cl)cc3)o2)c1. The first-order chi connectivity index (χ1) is 11.5. The van der Waals surface area contributed by atoms with E-state index in [0.29, 0.717) is 16.5 Å². The van der Waals surface area contributed by atoms with Crippen molar-refractivity contribution in [1.82, 2.24) is 0 Å². The number of hydrogen-bond donors (Lipinski definition) is 2. The van der Waals surface area contributed by atoms with Gasteiger partial charge in [-0.05, 0) is 54.6 Å². The minimum atomic E-state index is -1.06. The largest absolute Gasteiger partial charge is 0.478 e. The van der Waals surface area contributed by atoms with E-state index in [1.54, 1.807) is 48.5 Å². The van der Waals surface area contributed by atoms with E-state index in [1.807, 2.05) is 0 Å². The maximum atomic E-state index is 12.2. The van der Waals surface area contributed by atoms with E-state index in [1.165, 1.54) is 12.1 Å². The van der Waals surface area contributed by atoms with Gasteiger partial charge in [-0.2, -0.15) is 0 Å². The van der Waals surface area contributed by atoms with Gasteiger partial charge < -0.3 is 14.8 Å². The van der Waals surface area contributed by atoms with E-state index in [-0.39, 0.29) is 11.3 Å². The highest BCUT2D eigenvalue weighted by molar-refractivity contribution is 6.30. The van der Waals surface area contributed by atoms with E-state index in [2.05, 4.69) is 5.32 Å². The number of hydrogen-bond acceptors (Lipinski definition) is 3. The molecule has 1 aromatic heterocycles. The van der Waals surface area contributed by atoms with Crippen molar-refractivity contribution in [2.24, 2.45) is 0 Å².